The number of amides is 1. The molecule has 9 heteroatoms. The molecule has 1 heterocycles. The molecular weight excluding hydrogens is 490 g/mol. The summed E-state index contributed by atoms with van der Waals surface area (Å²) in [7, 11) is 2.32. The van der Waals surface area contributed by atoms with Crippen LogP contribution in [0.3, 0.4) is 0 Å². The minimum absolute atomic E-state index is 0.0322. The van der Waals surface area contributed by atoms with Gasteiger partial charge in [0.25, 0.3) is 0 Å². The summed E-state index contributed by atoms with van der Waals surface area (Å²) in [5.74, 6) is -1.01. The normalized spacial score (nSPS) is 19.4. The molecule has 1 aromatic rings. The van der Waals surface area contributed by atoms with Crippen LogP contribution >= 0.6 is 9.24 Å². The molecule has 2 rings (SSSR count). The van der Waals surface area contributed by atoms with E-state index in [4.69, 9.17) is 9.47 Å². The molecular formula is C27H41F3NO4P. The Bertz CT molecular complexity index is 787. The van der Waals surface area contributed by atoms with Gasteiger partial charge in [0.05, 0.1) is 6.04 Å². The Balaban J connectivity index is 0.00000150. The van der Waals surface area contributed by atoms with Crippen molar-refractivity contribution in [2.75, 3.05) is 13.2 Å². The summed E-state index contributed by atoms with van der Waals surface area (Å²) < 4.78 is 51.3. The Kier molecular flexibility index (Phi) is 15.6. The third kappa shape index (κ3) is 11.9. The second-order valence-corrected chi connectivity index (χ2v) is 9.32. The SMILES string of the molecule is CC1CCCOCCC1N(C(=O)C(F)(F)F)[C@H](/C=C\P)CCC(=O)OCc1ccccc1.CCCC. The summed E-state index contributed by atoms with van der Waals surface area (Å²) in [6, 6.07) is 7.59. The van der Waals surface area contributed by atoms with Crippen molar-refractivity contribution in [3.05, 3.63) is 47.8 Å². The van der Waals surface area contributed by atoms with E-state index in [9.17, 15) is 22.8 Å². The lowest BCUT2D eigenvalue weighted by Gasteiger charge is -2.41. The first kappa shape index (κ1) is 32.1. The number of nitrogens with zero attached hydrogens (tertiary/aromatic N) is 1. The van der Waals surface area contributed by atoms with E-state index in [1.54, 1.807) is 0 Å². The van der Waals surface area contributed by atoms with Gasteiger partial charge in [-0.3, -0.25) is 9.59 Å². The Morgan fingerprint density at radius 3 is 2.42 bits per heavy atom. The highest BCUT2D eigenvalue weighted by atomic mass is 31.0. The highest BCUT2D eigenvalue weighted by molar-refractivity contribution is 7.20. The predicted molar refractivity (Wildman–Crippen MR) is 139 cm³/mol. The first-order chi connectivity index (χ1) is 17.1. The van der Waals surface area contributed by atoms with Gasteiger partial charge < -0.3 is 14.4 Å². The summed E-state index contributed by atoms with van der Waals surface area (Å²) in [6.07, 6.45) is 0.762. The Morgan fingerprint density at radius 1 is 1.17 bits per heavy atom. The molecule has 0 bridgehead atoms. The van der Waals surface area contributed by atoms with Gasteiger partial charge in [0.2, 0.25) is 0 Å². The van der Waals surface area contributed by atoms with Crippen LogP contribution in [-0.2, 0) is 25.7 Å². The summed E-state index contributed by atoms with van der Waals surface area (Å²) >= 11 is 0. The van der Waals surface area contributed by atoms with Crippen LogP contribution in [0.1, 0.15) is 71.3 Å². The summed E-state index contributed by atoms with van der Waals surface area (Å²) in [6.45, 7) is 7.16. The van der Waals surface area contributed by atoms with Crippen LogP contribution < -0.4 is 0 Å². The number of benzene rings is 1. The zero-order chi connectivity index (χ0) is 27.0. The predicted octanol–water partition coefficient (Wildman–Crippen LogP) is 6.67. The smallest absolute Gasteiger partial charge is 0.461 e. The number of rotatable bonds is 9. The second-order valence-electron chi connectivity index (χ2n) is 8.94. The van der Waals surface area contributed by atoms with E-state index in [0.29, 0.717) is 19.4 Å². The molecule has 3 unspecified atom stereocenters. The topological polar surface area (TPSA) is 55.8 Å². The molecule has 0 saturated carbocycles. The van der Waals surface area contributed by atoms with Crippen LogP contribution in [0.25, 0.3) is 0 Å². The molecule has 0 N–H and O–H groups in total. The minimum atomic E-state index is -5.01. The van der Waals surface area contributed by atoms with Crippen molar-refractivity contribution in [1.82, 2.24) is 4.90 Å². The lowest BCUT2D eigenvalue weighted by atomic mass is 9.90. The number of unbranched alkanes of at least 4 members (excludes halogenated alkanes) is 1. The average molecular weight is 532 g/mol. The molecule has 1 aliphatic rings. The van der Waals surface area contributed by atoms with Crippen molar-refractivity contribution in [1.29, 1.82) is 0 Å². The van der Waals surface area contributed by atoms with Gasteiger partial charge in [-0.05, 0) is 37.2 Å². The standard InChI is InChI=1S/C23H31F3NO4P.C4H10/c1-17-6-5-13-30-14-11-20(17)27(22(29)23(24,25)26)19(12-15-32)9-10-21(28)31-16-18-7-3-2-4-8-18;1-3-4-2/h2-4,7-8,12,15,17,19-20H,5-6,9-11,13-14,16,32H2,1H3;3-4H2,1-2H3/b15-12-;/t17?,19-,20?;/m0./s1. The fourth-order valence-electron chi connectivity index (χ4n) is 3.93. The van der Waals surface area contributed by atoms with E-state index >= 15 is 0 Å². The number of carbonyl (C=O) groups excluding carboxylic acids is 2. The zero-order valence-electron chi connectivity index (χ0n) is 21.6. The van der Waals surface area contributed by atoms with Crippen LogP contribution in [0, 0.1) is 5.92 Å². The summed E-state index contributed by atoms with van der Waals surface area (Å²) in [5, 5.41) is 0. The maximum Gasteiger partial charge on any atom is 0.471 e. The fraction of sp³-hybridized carbons (Fsp3) is 0.630. The monoisotopic (exact) mass is 531 g/mol. The maximum atomic E-state index is 13.5. The fourth-order valence-corrected chi connectivity index (χ4v) is 4.19. The molecule has 204 valence electrons. The molecule has 1 aromatic carbocycles. The van der Waals surface area contributed by atoms with Crippen LogP contribution in [0.15, 0.2) is 42.2 Å². The molecule has 0 radical (unpaired) electrons. The highest BCUT2D eigenvalue weighted by Gasteiger charge is 2.47. The largest absolute Gasteiger partial charge is 0.471 e. The van der Waals surface area contributed by atoms with E-state index in [-0.39, 0.29) is 32.0 Å². The summed E-state index contributed by atoms with van der Waals surface area (Å²) in [4.78, 5) is 25.6. The molecule has 1 amide bonds. The van der Waals surface area contributed by atoms with Gasteiger partial charge in [0, 0.05) is 25.7 Å². The Hall–Kier alpha value is -1.92. The van der Waals surface area contributed by atoms with E-state index in [2.05, 4.69) is 23.1 Å². The number of halogens is 3. The van der Waals surface area contributed by atoms with Crippen LogP contribution in [0.4, 0.5) is 13.2 Å². The highest BCUT2D eigenvalue weighted by Crippen LogP contribution is 2.31. The minimum Gasteiger partial charge on any atom is -0.461 e. The second kappa shape index (κ2) is 17.5. The van der Waals surface area contributed by atoms with Crippen molar-refractivity contribution in [2.24, 2.45) is 5.92 Å². The zero-order valence-corrected chi connectivity index (χ0v) is 22.8. The summed E-state index contributed by atoms with van der Waals surface area (Å²) in [5.41, 5.74) is 0.819. The maximum absolute atomic E-state index is 13.5. The third-order valence-electron chi connectivity index (χ3n) is 6.07. The van der Waals surface area contributed by atoms with Gasteiger partial charge in [-0.15, -0.1) is 9.24 Å². The third-order valence-corrected chi connectivity index (χ3v) is 6.30. The van der Waals surface area contributed by atoms with Crippen molar-refractivity contribution < 1.29 is 32.2 Å². The Labute approximate surface area is 216 Å². The van der Waals surface area contributed by atoms with Gasteiger partial charge in [-0.1, -0.05) is 75.8 Å². The van der Waals surface area contributed by atoms with Gasteiger partial charge in [0.1, 0.15) is 6.61 Å². The molecule has 1 aliphatic heterocycles. The molecule has 5 nitrogen and oxygen atoms in total. The van der Waals surface area contributed by atoms with Crippen LogP contribution in [0.5, 0.6) is 0 Å². The van der Waals surface area contributed by atoms with Crippen molar-refractivity contribution in [2.45, 2.75) is 90.6 Å². The number of esters is 1. The van der Waals surface area contributed by atoms with Crippen LogP contribution in [0.2, 0.25) is 0 Å². The molecule has 0 spiro atoms. The van der Waals surface area contributed by atoms with E-state index in [1.807, 2.05) is 37.3 Å². The van der Waals surface area contributed by atoms with Gasteiger partial charge in [0.15, 0.2) is 0 Å². The first-order valence-electron chi connectivity index (χ1n) is 12.7. The van der Waals surface area contributed by atoms with Crippen molar-refractivity contribution in [3.63, 3.8) is 0 Å². The molecule has 1 fully saturated rings. The quantitative estimate of drug-likeness (QED) is 0.264. The number of carbonyl (C=O) groups is 2. The van der Waals surface area contributed by atoms with Crippen molar-refractivity contribution in [3.8, 4) is 0 Å². The molecule has 1 saturated heterocycles. The van der Waals surface area contributed by atoms with Crippen molar-refractivity contribution >= 4 is 21.1 Å². The van der Waals surface area contributed by atoms with Gasteiger partial charge in [-0.25, -0.2) is 0 Å². The molecule has 36 heavy (non-hydrogen) atoms. The number of ether oxygens (including phenoxy) is 2. The average Bonchev–Trinajstić information content (AvgIpc) is 2.85. The molecule has 0 aromatic heterocycles. The van der Waals surface area contributed by atoms with E-state index in [1.165, 1.54) is 24.7 Å². The number of hydrogen-bond donors (Lipinski definition) is 0. The molecule has 0 aliphatic carbocycles. The first-order valence-corrected chi connectivity index (χ1v) is 13.4. The Morgan fingerprint density at radius 2 is 1.83 bits per heavy atom. The lowest BCUT2D eigenvalue weighted by molar-refractivity contribution is -0.191. The van der Waals surface area contributed by atoms with Gasteiger partial charge >= 0.3 is 18.1 Å². The van der Waals surface area contributed by atoms with Crippen LogP contribution in [-0.4, -0.2) is 48.3 Å². The lowest BCUT2D eigenvalue weighted by Crippen LogP contribution is -2.54. The van der Waals surface area contributed by atoms with E-state index in [0.717, 1.165) is 16.9 Å². The molecule has 4 atom stereocenters. The van der Waals surface area contributed by atoms with Gasteiger partial charge in [-0.2, -0.15) is 13.2 Å². The number of hydrogen-bond acceptors (Lipinski definition) is 4. The number of alkyl halides is 3. The van der Waals surface area contributed by atoms with E-state index < -0.39 is 30.1 Å².